The summed E-state index contributed by atoms with van der Waals surface area (Å²) in [4.78, 5) is 24.9. The average Bonchev–Trinajstić information content (AvgIpc) is 2.12. The summed E-state index contributed by atoms with van der Waals surface area (Å²) < 4.78 is 5.25. The van der Waals surface area contributed by atoms with Crippen molar-refractivity contribution in [3.05, 3.63) is 0 Å². The van der Waals surface area contributed by atoms with Crippen LogP contribution in [0.15, 0.2) is 0 Å². The predicted molar refractivity (Wildman–Crippen MR) is 68.9 cm³/mol. The SMILES string of the molecule is C#CCC(=O)C(C)C1CN(C(=O)OC(C)(C)C)C1. The molecule has 1 heterocycles. The van der Waals surface area contributed by atoms with E-state index in [4.69, 9.17) is 11.2 Å². The van der Waals surface area contributed by atoms with E-state index >= 15 is 0 Å². The zero-order valence-corrected chi connectivity index (χ0v) is 11.5. The highest BCUT2D eigenvalue weighted by Crippen LogP contribution is 2.26. The molecule has 1 unspecified atom stereocenters. The van der Waals surface area contributed by atoms with Gasteiger partial charge in [-0.25, -0.2) is 4.79 Å². The van der Waals surface area contributed by atoms with E-state index in [9.17, 15) is 9.59 Å². The first-order valence-electron chi connectivity index (χ1n) is 6.18. The van der Waals surface area contributed by atoms with Crippen LogP contribution in [-0.2, 0) is 9.53 Å². The van der Waals surface area contributed by atoms with Crippen molar-refractivity contribution in [1.29, 1.82) is 0 Å². The minimum Gasteiger partial charge on any atom is -0.444 e. The van der Waals surface area contributed by atoms with Gasteiger partial charge in [0.2, 0.25) is 0 Å². The Hall–Kier alpha value is -1.50. The number of rotatable bonds is 3. The van der Waals surface area contributed by atoms with Gasteiger partial charge in [-0.1, -0.05) is 12.8 Å². The topological polar surface area (TPSA) is 46.6 Å². The van der Waals surface area contributed by atoms with Gasteiger partial charge in [-0.15, -0.1) is 6.42 Å². The summed E-state index contributed by atoms with van der Waals surface area (Å²) in [5, 5.41) is 0. The Morgan fingerprint density at radius 2 is 2.00 bits per heavy atom. The van der Waals surface area contributed by atoms with Crippen molar-refractivity contribution in [2.75, 3.05) is 13.1 Å². The lowest BCUT2D eigenvalue weighted by molar-refractivity contribution is -0.125. The molecule has 100 valence electrons. The molecule has 0 aliphatic carbocycles. The first kappa shape index (κ1) is 14.6. The molecule has 0 radical (unpaired) electrons. The third kappa shape index (κ3) is 3.76. The molecule has 0 spiro atoms. The van der Waals surface area contributed by atoms with Crippen molar-refractivity contribution in [3.63, 3.8) is 0 Å². The van der Waals surface area contributed by atoms with E-state index in [1.165, 1.54) is 0 Å². The van der Waals surface area contributed by atoms with E-state index in [0.29, 0.717) is 13.1 Å². The van der Waals surface area contributed by atoms with E-state index in [1.54, 1.807) is 4.90 Å². The Morgan fingerprint density at radius 1 is 1.44 bits per heavy atom. The summed E-state index contributed by atoms with van der Waals surface area (Å²) in [5.74, 6) is 2.56. The lowest BCUT2D eigenvalue weighted by atomic mass is 9.83. The Morgan fingerprint density at radius 3 is 2.44 bits per heavy atom. The molecule has 4 nitrogen and oxygen atoms in total. The zero-order valence-electron chi connectivity index (χ0n) is 11.5. The predicted octanol–water partition coefficient (Wildman–Crippen LogP) is 2.08. The van der Waals surface area contributed by atoms with Crippen LogP contribution in [0.3, 0.4) is 0 Å². The smallest absolute Gasteiger partial charge is 0.410 e. The molecule has 1 saturated heterocycles. The molecule has 1 atom stereocenters. The summed E-state index contributed by atoms with van der Waals surface area (Å²) in [5.41, 5.74) is -0.479. The molecular weight excluding hydrogens is 230 g/mol. The Bertz CT molecular complexity index is 369. The van der Waals surface area contributed by atoms with Crippen LogP contribution in [0.1, 0.15) is 34.1 Å². The molecule has 1 fully saturated rings. The molecular formula is C14H21NO3. The monoisotopic (exact) mass is 251 g/mol. The van der Waals surface area contributed by atoms with Crippen molar-refractivity contribution in [1.82, 2.24) is 4.90 Å². The molecule has 4 heteroatoms. The van der Waals surface area contributed by atoms with Gasteiger partial charge in [-0.3, -0.25) is 4.79 Å². The van der Waals surface area contributed by atoms with Gasteiger partial charge in [0.05, 0.1) is 6.42 Å². The zero-order chi connectivity index (χ0) is 13.9. The first-order chi connectivity index (χ1) is 8.24. The van der Waals surface area contributed by atoms with Crippen LogP contribution < -0.4 is 0 Å². The van der Waals surface area contributed by atoms with Gasteiger partial charge in [0.25, 0.3) is 0 Å². The van der Waals surface area contributed by atoms with Gasteiger partial charge < -0.3 is 9.64 Å². The van der Waals surface area contributed by atoms with Crippen LogP contribution in [0.4, 0.5) is 4.79 Å². The van der Waals surface area contributed by atoms with Crippen LogP contribution >= 0.6 is 0 Å². The summed E-state index contributed by atoms with van der Waals surface area (Å²) in [6.45, 7) is 8.53. The Kier molecular flexibility index (Phi) is 4.39. The van der Waals surface area contributed by atoms with Gasteiger partial charge >= 0.3 is 6.09 Å². The molecule has 0 N–H and O–H groups in total. The van der Waals surface area contributed by atoms with Gasteiger partial charge in [0.15, 0.2) is 0 Å². The molecule has 0 aromatic carbocycles. The highest BCUT2D eigenvalue weighted by molar-refractivity contribution is 5.83. The highest BCUT2D eigenvalue weighted by Gasteiger charge is 2.38. The lowest BCUT2D eigenvalue weighted by Gasteiger charge is -2.42. The maximum Gasteiger partial charge on any atom is 0.410 e. The second-order valence-electron chi connectivity index (χ2n) is 5.78. The molecule has 18 heavy (non-hydrogen) atoms. The molecule has 0 aromatic heterocycles. The van der Waals surface area contributed by atoms with E-state index in [0.717, 1.165) is 0 Å². The molecule has 1 rings (SSSR count). The number of ether oxygens (including phenoxy) is 1. The third-order valence-corrected chi connectivity index (χ3v) is 3.05. The number of carbonyl (C=O) groups is 2. The van der Waals surface area contributed by atoms with Gasteiger partial charge in [-0.2, -0.15) is 0 Å². The van der Waals surface area contributed by atoms with Crippen molar-refractivity contribution in [2.45, 2.75) is 39.7 Å². The van der Waals surface area contributed by atoms with Crippen LogP contribution in [0.2, 0.25) is 0 Å². The van der Waals surface area contributed by atoms with Gasteiger partial charge in [-0.05, 0) is 20.8 Å². The number of Topliss-reactive ketones (excluding diaryl/α,β-unsaturated/α-hetero) is 1. The number of nitrogens with zero attached hydrogens (tertiary/aromatic N) is 1. The van der Waals surface area contributed by atoms with E-state index in [1.807, 2.05) is 27.7 Å². The highest BCUT2D eigenvalue weighted by atomic mass is 16.6. The largest absolute Gasteiger partial charge is 0.444 e. The van der Waals surface area contributed by atoms with Crippen molar-refractivity contribution >= 4 is 11.9 Å². The van der Waals surface area contributed by atoms with E-state index in [-0.39, 0.29) is 30.1 Å². The fourth-order valence-corrected chi connectivity index (χ4v) is 1.83. The fraction of sp³-hybridized carbons (Fsp3) is 0.714. The first-order valence-corrected chi connectivity index (χ1v) is 6.18. The number of likely N-dealkylation sites (tertiary alicyclic amines) is 1. The number of terminal acetylenes is 1. The summed E-state index contributed by atoms with van der Waals surface area (Å²) >= 11 is 0. The van der Waals surface area contributed by atoms with Crippen molar-refractivity contribution in [2.24, 2.45) is 11.8 Å². The second-order valence-corrected chi connectivity index (χ2v) is 5.78. The van der Waals surface area contributed by atoms with E-state index < -0.39 is 5.60 Å². The lowest BCUT2D eigenvalue weighted by Crippen LogP contribution is -2.54. The molecule has 1 aliphatic rings. The molecule has 1 aliphatic heterocycles. The second kappa shape index (κ2) is 5.43. The summed E-state index contributed by atoms with van der Waals surface area (Å²) in [6.07, 6.45) is 4.98. The van der Waals surface area contributed by atoms with Gasteiger partial charge in [0, 0.05) is 24.9 Å². The van der Waals surface area contributed by atoms with Crippen LogP contribution in [0, 0.1) is 24.2 Å². The Labute approximate surface area is 109 Å². The molecule has 0 aromatic rings. The number of ketones is 1. The molecule has 0 bridgehead atoms. The summed E-state index contributed by atoms with van der Waals surface area (Å²) in [7, 11) is 0. The quantitative estimate of drug-likeness (QED) is 0.721. The van der Waals surface area contributed by atoms with Gasteiger partial charge in [0.1, 0.15) is 11.4 Å². The number of hydrogen-bond donors (Lipinski definition) is 0. The summed E-state index contributed by atoms with van der Waals surface area (Å²) in [6, 6.07) is 0. The number of carbonyl (C=O) groups excluding carboxylic acids is 2. The molecule has 0 saturated carbocycles. The standard InChI is InChI=1S/C14H21NO3/c1-6-7-12(16)10(2)11-8-15(9-11)13(17)18-14(3,4)5/h1,10-11H,7-9H2,2-5H3. The van der Waals surface area contributed by atoms with Crippen molar-refractivity contribution < 1.29 is 14.3 Å². The van der Waals surface area contributed by atoms with Crippen molar-refractivity contribution in [3.8, 4) is 12.3 Å². The van der Waals surface area contributed by atoms with Crippen LogP contribution in [0.5, 0.6) is 0 Å². The molecule has 1 amide bonds. The fourth-order valence-electron chi connectivity index (χ4n) is 1.83. The maximum atomic E-state index is 11.7. The minimum absolute atomic E-state index is 0.0753. The van der Waals surface area contributed by atoms with E-state index in [2.05, 4.69) is 5.92 Å². The van der Waals surface area contributed by atoms with Crippen LogP contribution in [0.25, 0.3) is 0 Å². The van der Waals surface area contributed by atoms with Crippen LogP contribution in [-0.4, -0.2) is 35.5 Å². The Balaban J connectivity index is 2.38. The maximum absolute atomic E-state index is 11.7. The normalized spacial score (nSPS) is 17.6. The third-order valence-electron chi connectivity index (χ3n) is 3.05. The number of amides is 1. The average molecular weight is 251 g/mol. The minimum atomic E-state index is -0.479. The number of hydrogen-bond acceptors (Lipinski definition) is 3.